The molecule has 1 unspecified atom stereocenters. The van der Waals surface area contributed by atoms with Crippen LogP contribution in [0, 0.1) is 0 Å². The maximum atomic E-state index is 5.76. The molecular formula is C17H26Cl4N4. The average molecular weight is 428 g/mol. The Labute approximate surface area is 174 Å². The van der Waals surface area contributed by atoms with Crippen molar-refractivity contribution in [2.45, 2.75) is 18.8 Å². The molecule has 0 bridgehead atoms. The van der Waals surface area contributed by atoms with Crippen molar-refractivity contribution in [3.8, 4) is 0 Å². The molecule has 5 N–H and O–H groups in total. The van der Waals surface area contributed by atoms with Crippen molar-refractivity contribution in [1.82, 2.24) is 5.43 Å². The van der Waals surface area contributed by atoms with Crippen molar-refractivity contribution >= 4 is 66.7 Å². The normalized spacial score (nSPS) is 16.2. The van der Waals surface area contributed by atoms with Crippen molar-refractivity contribution < 1.29 is 0 Å². The summed E-state index contributed by atoms with van der Waals surface area (Å²) in [6, 6.07) is 16.3. The van der Waals surface area contributed by atoms with E-state index in [1.807, 2.05) is 24.3 Å². The van der Waals surface area contributed by atoms with E-state index in [2.05, 4.69) is 34.7 Å². The van der Waals surface area contributed by atoms with Crippen LogP contribution in [0.15, 0.2) is 48.5 Å². The number of nitrogen functional groups attached to an aromatic ring is 2. The molecule has 0 spiro atoms. The van der Waals surface area contributed by atoms with Gasteiger partial charge >= 0.3 is 0 Å². The SMILES string of the molecule is Cl.Cl.Cl.Cl.Nc1ccc(C2CCCN(c3ccc(N)cc3)NC2)cc1. The van der Waals surface area contributed by atoms with Gasteiger partial charge in [-0.3, -0.25) is 0 Å². The second-order valence-corrected chi connectivity index (χ2v) is 5.61. The first-order valence-electron chi connectivity index (χ1n) is 7.44. The van der Waals surface area contributed by atoms with Gasteiger partial charge in [0.25, 0.3) is 0 Å². The minimum Gasteiger partial charge on any atom is -0.399 e. The summed E-state index contributed by atoms with van der Waals surface area (Å²) in [4.78, 5) is 0. The Morgan fingerprint density at radius 2 is 1.32 bits per heavy atom. The van der Waals surface area contributed by atoms with Gasteiger partial charge < -0.3 is 16.5 Å². The van der Waals surface area contributed by atoms with Gasteiger partial charge in [0.15, 0.2) is 0 Å². The largest absolute Gasteiger partial charge is 0.399 e. The molecule has 0 saturated carbocycles. The number of rotatable bonds is 2. The molecular weight excluding hydrogens is 402 g/mol. The molecule has 2 aromatic rings. The number of anilines is 3. The molecule has 1 fully saturated rings. The van der Waals surface area contributed by atoms with Gasteiger partial charge in [-0.15, -0.1) is 49.6 Å². The predicted octanol–water partition coefficient (Wildman–Crippen LogP) is 4.43. The van der Waals surface area contributed by atoms with Crippen LogP contribution in [-0.4, -0.2) is 13.1 Å². The Balaban J connectivity index is 0. The highest BCUT2D eigenvalue weighted by molar-refractivity contribution is 5.86. The molecule has 1 saturated heterocycles. The molecule has 1 aliphatic rings. The molecule has 1 aliphatic heterocycles. The summed E-state index contributed by atoms with van der Waals surface area (Å²) < 4.78 is 0. The summed E-state index contributed by atoms with van der Waals surface area (Å²) in [5, 5.41) is 2.22. The number of nitrogens with zero attached hydrogens (tertiary/aromatic N) is 1. The molecule has 0 aromatic heterocycles. The van der Waals surface area contributed by atoms with Gasteiger partial charge in [0.05, 0.1) is 5.69 Å². The number of nitrogens with two attached hydrogens (primary N) is 2. The Bertz CT molecular complexity index is 539. The molecule has 25 heavy (non-hydrogen) atoms. The van der Waals surface area contributed by atoms with Crippen LogP contribution >= 0.6 is 49.6 Å². The highest BCUT2D eigenvalue weighted by Gasteiger charge is 2.18. The summed E-state index contributed by atoms with van der Waals surface area (Å²) in [6.45, 7) is 1.95. The van der Waals surface area contributed by atoms with Crippen LogP contribution in [0.5, 0.6) is 0 Å². The number of benzene rings is 2. The minimum absolute atomic E-state index is 0. The van der Waals surface area contributed by atoms with Crippen LogP contribution in [-0.2, 0) is 0 Å². The lowest BCUT2D eigenvalue weighted by atomic mass is 9.94. The Morgan fingerprint density at radius 3 is 1.88 bits per heavy atom. The van der Waals surface area contributed by atoms with Gasteiger partial charge in [-0.1, -0.05) is 12.1 Å². The van der Waals surface area contributed by atoms with E-state index >= 15 is 0 Å². The number of nitrogens with one attached hydrogen (secondary N) is 1. The second kappa shape index (κ2) is 12.3. The van der Waals surface area contributed by atoms with Crippen molar-refractivity contribution in [2.24, 2.45) is 0 Å². The van der Waals surface area contributed by atoms with E-state index in [1.165, 1.54) is 17.7 Å². The lowest BCUT2D eigenvalue weighted by Crippen LogP contribution is -2.38. The van der Waals surface area contributed by atoms with E-state index < -0.39 is 0 Å². The summed E-state index contributed by atoms with van der Waals surface area (Å²) in [7, 11) is 0. The monoisotopic (exact) mass is 426 g/mol. The van der Waals surface area contributed by atoms with E-state index in [0.717, 1.165) is 30.9 Å². The van der Waals surface area contributed by atoms with Crippen LogP contribution < -0.4 is 21.9 Å². The zero-order chi connectivity index (χ0) is 14.7. The third-order valence-corrected chi connectivity index (χ3v) is 4.08. The van der Waals surface area contributed by atoms with Crippen LogP contribution in [0.1, 0.15) is 24.3 Å². The molecule has 0 radical (unpaired) electrons. The summed E-state index contributed by atoms with van der Waals surface area (Å²) in [5.41, 5.74) is 19.2. The maximum absolute atomic E-state index is 5.76. The van der Waals surface area contributed by atoms with Crippen molar-refractivity contribution in [1.29, 1.82) is 0 Å². The van der Waals surface area contributed by atoms with Crippen molar-refractivity contribution in [3.05, 3.63) is 54.1 Å². The molecule has 8 heteroatoms. The summed E-state index contributed by atoms with van der Waals surface area (Å²) in [6.07, 6.45) is 2.34. The third-order valence-electron chi connectivity index (χ3n) is 4.08. The van der Waals surface area contributed by atoms with Gasteiger partial charge in [-0.05, 0) is 60.7 Å². The van der Waals surface area contributed by atoms with Gasteiger partial charge in [0.1, 0.15) is 0 Å². The van der Waals surface area contributed by atoms with E-state index in [0.29, 0.717) is 5.92 Å². The fourth-order valence-corrected chi connectivity index (χ4v) is 2.82. The highest BCUT2D eigenvalue weighted by atomic mass is 35.5. The van der Waals surface area contributed by atoms with Gasteiger partial charge in [-0.2, -0.15) is 0 Å². The first kappa shape index (κ1) is 26.2. The van der Waals surface area contributed by atoms with E-state index in [-0.39, 0.29) is 49.6 Å². The number of halogens is 4. The van der Waals surface area contributed by atoms with E-state index in [4.69, 9.17) is 11.5 Å². The van der Waals surface area contributed by atoms with Crippen molar-refractivity contribution in [2.75, 3.05) is 29.6 Å². The second-order valence-electron chi connectivity index (χ2n) is 5.61. The fourth-order valence-electron chi connectivity index (χ4n) is 2.82. The van der Waals surface area contributed by atoms with Crippen LogP contribution in [0.25, 0.3) is 0 Å². The molecule has 1 heterocycles. The quantitative estimate of drug-likeness (QED) is 0.620. The van der Waals surface area contributed by atoms with Gasteiger partial charge in [-0.25, -0.2) is 5.43 Å². The topological polar surface area (TPSA) is 67.3 Å². The Morgan fingerprint density at radius 1 is 0.800 bits per heavy atom. The van der Waals surface area contributed by atoms with E-state index in [9.17, 15) is 0 Å². The van der Waals surface area contributed by atoms with Crippen LogP contribution in [0.3, 0.4) is 0 Å². The Kier molecular flexibility index (Phi) is 12.9. The van der Waals surface area contributed by atoms with Crippen LogP contribution in [0.4, 0.5) is 17.1 Å². The smallest absolute Gasteiger partial charge is 0.0521 e. The number of hydrogen-bond acceptors (Lipinski definition) is 4. The molecule has 4 nitrogen and oxygen atoms in total. The fraction of sp³-hybridized carbons (Fsp3) is 0.294. The number of hydrogen-bond donors (Lipinski definition) is 3. The first-order chi connectivity index (χ1) is 10.2. The standard InChI is InChI=1S/C17H22N4.4ClH/c18-15-5-3-13(4-6-15)14-2-1-11-21(20-12-14)17-9-7-16(19)8-10-17;;;;/h3-10,14,20H,1-2,11-12,18-19H2;4*1H. The maximum Gasteiger partial charge on any atom is 0.0521 e. The van der Waals surface area contributed by atoms with Gasteiger partial charge in [0.2, 0.25) is 0 Å². The summed E-state index contributed by atoms with van der Waals surface area (Å²) >= 11 is 0. The first-order valence-corrected chi connectivity index (χ1v) is 7.44. The molecule has 3 rings (SSSR count). The Hall–Kier alpha value is -1.04. The number of hydrazine groups is 1. The zero-order valence-electron chi connectivity index (χ0n) is 13.8. The molecule has 1 atom stereocenters. The molecule has 142 valence electrons. The zero-order valence-corrected chi connectivity index (χ0v) is 17.0. The summed E-state index contributed by atoms with van der Waals surface area (Å²) in [5.74, 6) is 0.532. The molecule has 0 amide bonds. The lowest BCUT2D eigenvalue weighted by Gasteiger charge is -2.24. The van der Waals surface area contributed by atoms with Crippen LogP contribution in [0.2, 0.25) is 0 Å². The predicted molar refractivity (Wildman–Crippen MR) is 118 cm³/mol. The molecule has 2 aromatic carbocycles. The van der Waals surface area contributed by atoms with E-state index in [1.54, 1.807) is 0 Å². The highest BCUT2D eigenvalue weighted by Crippen LogP contribution is 2.25. The van der Waals surface area contributed by atoms with Gasteiger partial charge in [0, 0.05) is 24.5 Å². The van der Waals surface area contributed by atoms with Crippen molar-refractivity contribution in [3.63, 3.8) is 0 Å². The lowest BCUT2D eigenvalue weighted by molar-refractivity contribution is 0.598. The molecule has 0 aliphatic carbocycles. The third kappa shape index (κ3) is 7.00. The average Bonchev–Trinajstić information content (AvgIpc) is 2.75. The minimum atomic E-state index is 0.